The molecule has 0 bridgehead atoms. The van der Waals surface area contributed by atoms with Crippen molar-refractivity contribution in [2.24, 2.45) is 0 Å². The Morgan fingerprint density at radius 3 is 3.05 bits per heavy atom. The standard InChI is InChI=1S/C14H18N2O2S/c1-16(10-14(18)15-11-4-5-11)9-13-7-6-12(19-13)3-2-8-17/h6-7,11,17H,4-5,8-10H2,1H3,(H,15,18). The molecule has 4 nitrogen and oxygen atoms in total. The van der Waals surface area contributed by atoms with E-state index in [4.69, 9.17) is 5.11 Å². The van der Waals surface area contributed by atoms with Crippen LogP contribution in [0.25, 0.3) is 0 Å². The molecule has 0 unspecified atom stereocenters. The Kier molecular flexibility index (Phi) is 4.97. The van der Waals surface area contributed by atoms with E-state index in [1.165, 1.54) is 4.88 Å². The van der Waals surface area contributed by atoms with Gasteiger partial charge in [0.15, 0.2) is 0 Å². The number of aliphatic hydroxyl groups excluding tert-OH is 1. The summed E-state index contributed by atoms with van der Waals surface area (Å²) in [5, 5.41) is 11.6. The number of rotatable bonds is 5. The van der Waals surface area contributed by atoms with Crippen molar-refractivity contribution in [3.8, 4) is 11.8 Å². The monoisotopic (exact) mass is 278 g/mol. The minimum absolute atomic E-state index is 0.0989. The first kappa shape index (κ1) is 14.1. The summed E-state index contributed by atoms with van der Waals surface area (Å²) in [7, 11) is 1.94. The second-order valence-corrected chi connectivity index (χ2v) is 5.91. The van der Waals surface area contributed by atoms with Crippen molar-refractivity contribution >= 4 is 17.2 Å². The predicted molar refractivity (Wildman–Crippen MR) is 75.8 cm³/mol. The number of likely N-dealkylation sites (N-methyl/N-ethyl adjacent to an activating group) is 1. The highest BCUT2D eigenvalue weighted by Gasteiger charge is 2.23. The number of hydrogen-bond acceptors (Lipinski definition) is 4. The highest BCUT2D eigenvalue weighted by atomic mass is 32.1. The molecule has 0 atom stereocenters. The number of carbonyl (C=O) groups is 1. The van der Waals surface area contributed by atoms with Crippen LogP contribution >= 0.6 is 11.3 Å². The fourth-order valence-corrected chi connectivity index (χ4v) is 2.69. The van der Waals surface area contributed by atoms with Gasteiger partial charge in [0.2, 0.25) is 5.91 Å². The summed E-state index contributed by atoms with van der Waals surface area (Å²) >= 11 is 1.60. The Balaban J connectivity index is 1.78. The number of nitrogens with one attached hydrogen (secondary N) is 1. The van der Waals surface area contributed by atoms with Crippen LogP contribution in [0.15, 0.2) is 12.1 Å². The lowest BCUT2D eigenvalue weighted by molar-refractivity contribution is -0.122. The number of amides is 1. The maximum atomic E-state index is 11.6. The summed E-state index contributed by atoms with van der Waals surface area (Å²) in [4.78, 5) is 15.7. The molecule has 1 amide bonds. The van der Waals surface area contributed by atoms with Gasteiger partial charge in [-0.1, -0.05) is 11.8 Å². The van der Waals surface area contributed by atoms with Crippen molar-refractivity contribution in [1.29, 1.82) is 0 Å². The lowest BCUT2D eigenvalue weighted by atomic mass is 10.4. The Hall–Kier alpha value is -1.35. The molecule has 0 spiro atoms. The van der Waals surface area contributed by atoms with E-state index in [2.05, 4.69) is 17.2 Å². The zero-order valence-corrected chi connectivity index (χ0v) is 11.8. The Labute approximate surface area is 117 Å². The molecule has 0 saturated heterocycles. The van der Waals surface area contributed by atoms with Crippen LogP contribution in [0.5, 0.6) is 0 Å². The lowest BCUT2D eigenvalue weighted by Crippen LogP contribution is -2.35. The van der Waals surface area contributed by atoms with Crippen molar-refractivity contribution in [2.75, 3.05) is 20.2 Å². The molecule has 0 aliphatic heterocycles. The fraction of sp³-hybridized carbons (Fsp3) is 0.500. The van der Waals surface area contributed by atoms with Gasteiger partial charge in [-0.2, -0.15) is 0 Å². The van der Waals surface area contributed by atoms with Gasteiger partial charge in [-0.25, -0.2) is 0 Å². The van der Waals surface area contributed by atoms with E-state index in [9.17, 15) is 4.79 Å². The van der Waals surface area contributed by atoms with E-state index in [0.717, 1.165) is 24.3 Å². The van der Waals surface area contributed by atoms with Crippen LogP contribution in [0.2, 0.25) is 0 Å². The van der Waals surface area contributed by atoms with Crippen molar-refractivity contribution in [1.82, 2.24) is 10.2 Å². The molecule has 1 aliphatic carbocycles. The largest absolute Gasteiger partial charge is 0.384 e. The Morgan fingerprint density at radius 1 is 1.58 bits per heavy atom. The van der Waals surface area contributed by atoms with Crippen molar-refractivity contribution in [2.45, 2.75) is 25.4 Å². The highest BCUT2D eigenvalue weighted by Crippen LogP contribution is 2.19. The van der Waals surface area contributed by atoms with E-state index in [0.29, 0.717) is 12.6 Å². The minimum Gasteiger partial charge on any atom is -0.384 e. The number of nitrogens with zero attached hydrogens (tertiary/aromatic N) is 1. The summed E-state index contributed by atoms with van der Waals surface area (Å²) in [5.41, 5.74) is 0. The van der Waals surface area contributed by atoms with Crippen molar-refractivity contribution in [3.05, 3.63) is 21.9 Å². The van der Waals surface area contributed by atoms with Crippen LogP contribution in [0, 0.1) is 11.8 Å². The van der Waals surface area contributed by atoms with Crippen LogP contribution < -0.4 is 5.32 Å². The summed E-state index contributed by atoms with van der Waals surface area (Å²) < 4.78 is 0. The molecular weight excluding hydrogens is 260 g/mol. The van der Waals surface area contributed by atoms with E-state index in [1.54, 1.807) is 11.3 Å². The summed E-state index contributed by atoms with van der Waals surface area (Å²) in [6.45, 7) is 1.05. The van der Waals surface area contributed by atoms with Crippen molar-refractivity contribution < 1.29 is 9.90 Å². The van der Waals surface area contributed by atoms with E-state index >= 15 is 0 Å². The third-order valence-corrected chi connectivity index (χ3v) is 3.72. The van der Waals surface area contributed by atoms with Gasteiger partial charge < -0.3 is 10.4 Å². The smallest absolute Gasteiger partial charge is 0.234 e. The zero-order valence-electron chi connectivity index (χ0n) is 11.0. The van der Waals surface area contributed by atoms with Crippen LogP contribution in [0.4, 0.5) is 0 Å². The van der Waals surface area contributed by atoms with Crippen LogP contribution in [0.3, 0.4) is 0 Å². The molecule has 2 N–H and O–H groups in total. The van der Waals surface area contributed by atoms with Gasteiger partial charge in [0.25, 0.3) is 0 Å². The summed E-state index contributed by atoms with van der Waals surface area (Å²) in [6, 6.07) is 4.38. The molecule has 2 rings (SSSR count). The number of hydrogen-bond donors (Lipinski definition) is 2. The molecule has 1 heterocycles. The molecule has 1 aromatic rings. The second-order valence-electron chi connectivity index (χ2n) is 4.74. The Morgan fingerprint density at radius 2 is 2.37 bits per heavy atom. The average Bonchev–Trinajstić information content (AvgIpc) is 3.04. The van der Waals surface area contributed by atoms with Gasteiger partial charge in [-0.05, 0) is 32.0 Å². The van der Waals surface area contributed by atoms with Crippen LogP contribution in [-0.2, 0) is 11.3 Å². The van der Waals surface area contributed by atoms with Gasteiger partial charge in [0.05, 0.1) is 11.4 Å². The SMILES string of the molecule is CN(CC(=O)NC1CC1)Cc1ccc(C#CCO)s1. The summed E-state index contributed by atoms with van der Waals surface area (Å²) in [5.74, 6) is 5.61. The maximum Gasteiger partial charge on any atom is 0.234 e. The van der Waals surface area contributed by atoms with Crippen molar-refractivity contribution in [3.63, 3.8) is 0 Å². The van der Waals surface area contributed by atoms with E-state index in [-0.39, 0.29) is 12.5 Å². The molecule has 19 heavy (non-hydrogen) atoms. The first-order valence-corrected chi connectivity index (χ1v) is 7.15. The van der Waals surface area contributed by atoms with E-state index < -0.39 is 0 Å². The third kappa shape index (κ3) is 5.03. The molecule has 1 aliphatic rings. The second kappa shape index (κ2) is 6.71. The third-order valence-electron chi connectivity index (χ3n) is 2.73. The van der Waals surface area contributed by atoms with Crippen LogP contribution in [-0.4, -0.2) is 42.2 Å². The maximum absolute atomic E-state index is 11.6. The highest BCUT2D eigenvalue weighted by molar-refractivity contribution is 7.12. The number of carbonyl (C=O) groups excluding carboxylic acids is 1. The fourth-order valence-electron chi connectivity index (χ4n) is 1.72. The average molecular weight is 278 g/mol. The van der Waals surface area contributed by atoms with Gasteiger partial charge in [-0.15, -0.1) is 11.3 Å². The molecule has 0 aromatic carbocycles. The zero-order chi connectivity index (χ0) is 13.7. The molecular formula is C14H18N2O2S. The number of thiophene rings is 1. The first-order chi connectivity index (χ1) is 9.17. The van der Waals surface area contributed by atoms with Gasteiger partial charge >= 0.3 is 0 Å². The lowest BCUT2D eigenvalue weighted by Gasteiger charge is -2.14. The minimum atomic E-state index is -0.117. The quantitative estimate of drug-likeness (QED) is 0.784. The summed E-state index contributed by atoms with van der Waals surface area (Å²) in [6.07, 6.45) is 2.24. The molecule has 5 heteroatoms. The van der Waals surface area contributed by atoms with E-state index in [1.807, 2.05) is 24.1 Å². The molecule has 1 fully saturated rings. The van der Waals surface area contributed by atoms with Gasteiger partial charge in [-0.3, -0.25) is 9.69 Å². The predicted octanol–water partition coefficient (Wildman–Crippen LogP) is 0.802. The van der Waals surface area contributed by atoms with Gasteiger partial charge in [0, 0.05) is 17.5 Å². The first-order valence-electron chi connectivity index (χ1n) is 6.33. The molecule has 1 aromatic heterocycles. The Bertz CT molecular complexity index is 497. The molecule has 1 saturated carbocycles. The normalized spacial score (nSPS) is 14.1. The topological polar surface area (TPSA) is 52.6 Å². The number of aliphatic hydroxyl groups is 1. The molecule has 0 radical (unpaired) electrons. The molecule has 102 valence electrons. The van der Waals surface area contributed by atoms with Gasteiger partial charge in [0.1, 0.15) is 6.61 Å². The van der Waals surface area contributed by atoms with Crippen LogP contribution in [0.1, 0.15) is 22.6 Å².